The number of amides is 1. The summed E-state index contributed by atoms with van der Waals surface area (Å²) in [4.78, 5) is 26.6. The standard InChI is InChI=1S/C22H27N5OS/c1-26(2)14-7-13-23-22-18-9-4-5-10-19(18)24-20(25-22)16-27(3)21(28)12-11-17-8-6-15-29-17/h4-6,8-12,15H,7,13-14,16H2,1-3H3,(H,23,24,25)/b12-11+. The number of carbonyl (C=O) groups excluding carboxylic acids is 1. The molecule has 6 nitrogen and oxygen atoms in total. The van der Waals surface area contributed by atoms with Gasteiger partial charge >= 0.3 is 0 Å². The largest absolute Gasteiger partial charge is 0.369 e. The maximum Gasteiger partial charge on any atom is 0.246 e. The molecule has 29 heavy (non-hydrogen) atoms. The van der Waals surface area contributed by atoms with Gasteiger partial charge in [-0.15, -0.1) is 11.3 Å². The molecule has 0 aliphatic carbocycles. The highest BCUT2D eigenvalue weighted by Gasteiger charge is 2.12. The SMILES string of the molecule is CN(C)CCCNc1nc(CN(C)C(=O)/C=C/c2cccs2)nc2ccccc12. The summed E-state index contributed by atoms with van der Waals surface area (Å²) in [6, 6.07) is 11.9. The number of hydrogen-bond donors (Lipinski definition) is 1. The monoisotopic (exact) mass is 409 g/mol. The first-order chi connectivity index (χ1) is 14.0. The average molecular weight is 410 g/mol. The summed E-state index contributed by atoms with van der Waals surface area (Å²) in [6.45, 7) is 2.19. The van der Waals surface area contributed by atoms with Crippen molar-refractivity contribution in [2.45, 2.75) is 13.0 Å². The fraction of sp³-hybridized carbons (Fsp3) is 0.318. The van der Waals surface area contributed by atoms with Gasteiger partial charge < -0.3 is 15.1 Å². The van der Waals surface area contributed by atoms with E-state index in [1.807, 2.05) is 47.9 Å². The third-order valence-electron chi connectivity index (χ3n) is 4.41. The van der Waals surface area contributed by atoms with Crippen LogP contribution in [0.3, 0.4) is 0 Å². The average Bonchev–Trinajstić information content (AvgIpc) is 3.22. The number of rotatable bonds is 9. The van der Waals surface area contributed by atoms with Crippen molar-refractivity contribution in [3.8, 4) is 0 Å². The third-order valence-corrected chi connectivity index (χ3v) is 5.25. The summed E-state index contributed by atoms with van der Waals surface area (Å²) < 4.78 is 0. The number of anilines is 1. The predicted octanol–water partition coefficient (Wildman–Crippen LogP) is 3.73. The van der Waals surface area contributed by atoms with Crippen LogP contribution in [0.1, 0.15) is 17.1 Å². The topological polar surface area (TPSA) is 61.4 Å². The van der Waals surface area contributed by atoms with Gasteiger partial charge in [0.1, 0.15) is 5.82 Å². The number of hydrogen-bond acceptors (Lipinski definition) is 6. The van der Waals surface area contributed by atoms with Crippen molar-refractivity contribution in [3.63, 3.8) is 0 Å². The summed E-state index contributed by atoms with van der Waals surface area (Å²) in [7, 11) is 5.90. The predicted molar refractivity (Wildman–Crippen MR) is 121 cm³/mol. The Bertz CT molecular complexity index is 969. The van der Waals surface area contributed by atoms with Gasteiger partial charge in [0.15, 0.2) is 5.82 Å². The van der Waals surface area contributed by atoms with Gasteiger partial charge in [-0.25, -0.2) is 9.97 Å². The smallest absolute Gasteiger partial charge is 0.246 e. The van der Waals surface area contributed by atoms with Gasteiger partial charge in [-0.1, -0.05) is 18.2 Å². The van der Waals surface area contributed by atoms with E-state index < -0.39 is 0 Å². The van der Waals surface area contributed by atoms with Crippen LogP contribution in [0.5, 0.6) is 0 Å². The molecule has 0 unspecified atom stereocenters. The van der Waals surface area contributed by atoms with Gasteiger partial charge in [-0.3, -0.25) is 4.79 Å². The molecule has 3 aromatic rings. The molecule has 7 heteroatoms. The number of fused-ring (bicyclic) bond motifs is 1. The van der Waals surface area contributed by atoms with Crippen molar-refractivity contribution >= 4 is 40.0 Å². The van der Waals surface area contributed by atoms with Crippen molar-refractivity contribution in [2.75, 3.05) is 39.5 Å². The number of nitrogens with one attached hydrogen (secondary N) is 1. The number of likely N-dealkylation sites (N-methyl/N-ethyl adjacent to an activating group) is 1. The van der Waals surface area contributed by atoms with Crippen LogP contribution in [-0.2, 0) is 11.3 Å². The van der Waals surface area contributed by atoms with E-state index in [4.69, 9.17) is 4.98 Å². The first kappa shape index (κ1) is 21.0. The minimum atomic E-state index is -0.0735. The van der Waals surface area contributed by atoms with E-state index >= 15 is 0 Å². The molecule has 2 aromatic heterocycles. The van der Waals surface area contributed by atoms with Gasteiger partial charge in [-0.05, 0) is 56.7 Å². The van der Waals surface area contributed by atoms with Crippen molar-refractivity contribution in [2.24, 2.45) is 0 Å². The molecule has 2 heterocycles. The molecule has 0 bridgehead atoms. The first-order valence-corrected chi connectivity index (χ1v) is 10.5. The summed E-state index contributed by atoms with van der Waals surface area (Å²) in [6.07, 6.45) is 4.45. The Morgan fingerprint density at radius 3 is 2.72 bits per heavy atom. The summed E-state index contributed by atoms with van der Waals surface area (Å²) in [5.41, 5.74) is 0.877. The minimum absolute atomic E-state index is 0.0735. The van der Waals surface area contributed by atoms with E-state index in [0.29, 0.717) is 12.4 Å². The van der Waals surface area contributed by atoms with E-state index in [1.165, 1.54) is 0 Å². The van der Waals surface area contributed by atoms with Crippen molar-refractivity contribution in [1.29, 1.82) is 0 Å². The third kappa shape index (κ3) is 6.10. The van der Waals surface area contributed by atoms with Crippen LogP contribution in [0.2, 0.25) is 0 Å². The van der Waals surface area contributed by atoms with Crippen LogP contribution in [0.15, 0.2) is 47.9 Å². The Morgan fingerprint density at radius 1 is 1.14 bits per heavy atom. The number of para-hydroxylation sites is 1. The number of benzene rings is 1. The lowest BCUT2D eigenvalue weighted by Crippen LogP contribution is -2.25. The molecule has 0 atom stereocenters. The molecule has 0 aliphatic heterocycles. The van der Waals surface area contributed by atoms with Crippen LogP contribution in [-0.4, -0.2) is 59.9 Å². The van der Waals surface area contributed by atoms with Crippen LogP contribution in [0, 0.1) is 0 Å². The number of aromatic nitrogens is 2. The van der Waals surface area contributed by atoms with Crippen molar-refractivity contribution < 1.29 is 4.79 Å². The number of thiophene rings is 1. The van der Waals surface area contributed by atoms with E-state index in [1.54, 1.807) is 29.4 Å². The first-order valence-electron chi connectivity index (χ1n) is 9.64. The second kappa shape index (κ2) is 10.1. The normalized spacial score (nSPS) is 11.4. The molecular formula is C22H27N5OS. The maximum atomic E-state index is 12.4. The lowest BCUT2D eigenvalue weighted by molar-refractivity contribution is -0.125. The molecule has 0 saturated carbocycles. The molecule has 1 aromatic carbocycles. The zero-order valence-electron chi connectivity index (χ0n) is 17.1. The van der Waals surface area contributed by atoms with Crippen LogP contribution >= 0.6 is 11.3 Å². The highest BCUT2D eigenvalue weighted by molar-refractivity contribution is 7.10. The quantitative estimate of drug-likeness (QED) is 0.431. The molecule has 1 amide bonds. The molecule has 0 fully saturated rings. The second-order valence-corrected chi connectivity index (χ2v) is 8.11. The van der Waals surface area contributed by atoms with E-state index in [9.17, 15) is 4.79 Å². The molecule has 0 aliphatic rings. The molecule has 0 saturated heterocycles. The van der Waals surface area contributed by atoms with Gasteiger partial charge in [-0.2, -0.15) is 0 Å². The molecule has 0 radical (unpaired) electrons. The zero-order chi connectivity index (χ0) is 20.6. The Kier molecular flexibility index (Phi) is 7.32. The molecular weight excluding hydrogens is 382 g/mol. The Labute approximate surface area is 175 Å². The summed E-state index contributed by atoms with van der Waals surface area (Å²) >= 11 is 1.60. The Hall–Kier alpha value is -2.77. The molecule has 3 rings (SSSR count). The van der Waals surface area contributed by atoms with Crippen LogP contribution in [0.25, 0.3) is 17.0 Å². The lowest BCUT2D eigenvalue weighted by Gasteiger charge is -2.16. The van der Waals surface area contributed by atoms with Gasteiger partial charge in [0.2, 0.25) is 5.91 Å². The van der Waals surface area contributed by atoms with E-state index in [-0.39, 0.29) is 5.91 Å². The molecule has 1 N–H and O–H groups in total. The van der Waals surface area contributed by atoms with Gasteiger partial charge in [0, 0.05) is 29.9 Å². The lowest BCUT2D eigenvalue weighted by atomic mass is 10.2. The van der Waals surface area contributed by atoms with Gasteiger partial charge in [0.25, 0.3) is 0 Å². The maximum absolute atomic E-state index is 12.4. The number of carbonyl (C=O) groups is 1. The van der Waals surface area contributed by atoms with Crippen molar-refractivity contribution in [3.05, 3.63) is 58.6 Å². The van der Waals surface area contributed by atoms with Gasteiger partial charge in [0.05, 0.1) is 12.1 Å². The minimum Gasteiger partial charge on any atom is -0.369 e. The van der Waals surface area contributed by atoms with Crippen LogP contribution in [0.4, 0.5) is 5.82 Å². The van der Waals surface area contributed by atoms with E-state index in [0.717, 1.165) is 41.1 Å². The zero-order valence-corrected chi connectivity index (χ0v) is 17.9. The van der Waals surface area contributed by atoms with E-state index in [2.05, 4.69) is 29.3 Å². The van der Waals surface area contributed by atoms with Crippen LogP contribution < -0.4 is 5.32 Å². The fourth-order valence-electron chi connectivity index (χ4n) is 2.89. The summed E-state index contributed by atoms with van der Waals surface area (Å²) in [5.74, 6) is 1.37. The fourth-order valence-corrected chi connectivity index (χ4v) is 3.51. The number of nitrogens with zero attached hydrogens (tertiary/aromatic N) is 4. The highest BCUT2D eigenvalue weighted by atomic mass is 32.1. The Balaban J connectivity index is 1.71. The second-order valence-electron chi connectivity index (χ2n) is 7.13. The highest BCUT2D eigenvalue weighted by Crippen LogP contribution is 2.20. The molecule has 0 spiro atoms. The molecule has 152 valence electrons. The Morgan fingerprint density at radius 2 is 1.97 bits per heavy atom. The summed E-state index contributed by atoms with van der Waals surface area (Å²) in [5, 5.41) is 6.42. The van der Waals surface area contributed by atoms with Crippen molar-refractivity contribution in [1.82, 2.24) is 19.8 Å².